The average Bonchev–Trinajstić information content (AvgIpc) is 2.35. The number of benzene rings is 1. The maximum absolute atomic E-state index is 13.2. The van der Waals surface area contributed by atoms with Crippen molar-refractivity contribution in [2.24, 2.45) is 0 Å². The Kier molecular flexibility index (Phi) is 4.25. The monoisotopic (exact) mass is 271 g/mol. The van der Waals surface area contributed by atoms with E-state index in [9.17, 15) is 9.50 Å². The molecule has 100 valence electrons. The SMILES string of the molecule is CCN1CCC(O)(Cc2cc(F)ccc2Cl)CC1. The van der Waals surface area contributed by atoms with E-state index in [1.807, 2.05) is 0 Å². The highest BCUT2D eigenvalue weighted by atomic mass is 35.5. The quantitative estimate of drug-likeness (QED) is 0.914. The van der Waals surface area contributed by atoms with Gasteiger partial charge in [-0.15, -0.1) is 0 Å². The molecule has 1 fully saturated rings. The molecule has 1 heterocycles. The van der Waals surface area contributed by atoms with E-state index in [0.717, 1.165) is 19.6 Å². The molecule has 1 aliphatic rings. The molecule has 1 N–H and O–H groups in total. The third-order valence-corrected chi connectivity index (χ3v) is 4.13. The first kappa shape index (κ1) is 13.8. The molecule has 1 aliphatic heterocycles. The fraction of sp³-hybridized carbons (Fsp3) is 0.571. The largest absolute Gasteiger partial charge is 0.389 e. The predicted octanol–water partition coefficient (Wildman–Crippen LogP) is 2.87. The van der Waals surface area contributed by atoms with Crippen molar-refractivity contribution in [1.29, 1.82) is 0 Å². The lowest BCUT2D eigenvalue weighted by atomic mass is 9.85. The highest BCUT2D eigenvalue weighted by Gasteiger charge is 2.32. The molecule has 2 rings (SSSR count). The normalized spacial score (nSPS) is 20.0. The van der Waals surface area contributed by atoms with Crippen LogP contribution in [0.4, 0.5) is 4.39 Å². The van der Waals surface area contributed by atoms with Crippen LogP contribution in [-0.4, -0.2) is 35.2 Å². The van der Waals surface area contributed by atoms with Gasteiger partial charge in [-0.2, -0.15) is 0 Å². The Morgan fingerprint density at radius 3 is 2.67 bits per heavy atom. The number of piperidine rings is 1. The smallest absolute Gasteiger partial charge is 0.123 e. The summed E-state index contributed by atoms with van der Waals surface area (Å²) in [6.45, 7) is 4.91. The predicted molar refractivity (Wildman–Crippen MR) is 71.4 cm³/mol. The highest BCUT2D eigenvalue weighted by Crippen LogP contribution is 2.29. The zero-order chi connectivity index (χ0) is 13.2. The number of likely N-dealkylation sites (tertiary alicyclic amines) is 1. The second-order valence-electron chi connectivity index (χ2n) is 5.07. The lowest BCUT2D eigenvalue weighted by Crippen LogP contribution is -2.45. The molecular weight excluding hydrogens is 253 g/mol. The van der Waals surface area contributed by atoms with Gasteiger partial charge in [-0.1, -0.05) is 18.5 Å². The summed E-state index contributed by atoms with van der Waals surface area (Å²) in [5, 5.41) is 11.1. The van der Waals surface area contributed by atoms with Crippen LogP contribution in [0.3, 0.4) is 0 Å². The number of nitrogens with zero attached hydrogens (tertiary/aromatic N) is 1. The van der Waals surface area contributed by atoms with E-state index in [1.54, 1.807) is 6.07 Å². The molecule has 18 heavy (non-hydrogen) atoms. The summed E-state index contributed by atoms with van der Waals surface area (Å²) in [5.41, 5.74) is -0.0487. The van der Waals surface area contributed by atoms with Crippen molar-refractivity contribution < 1.29 is 9.50 Å². The Balaban J connectivity index is 2.06. The lowest BCUT2D eigenvalue weighted by molar-refractivity contribution is -0.0194. The standard InChI is InChI=1S/C14H19ClFNO/c1-2-17-7-5-14(18,6-8-17)10-11-9-12(16)3-4-13(11)15/h3-4,9,18H,2,5-8,10H2,1H3. The van der Waals surface area contributed by atoms with Gasteiger partial charge in [0.2, 0.25) is 0 Å². The molecule has 0 spiro atoms. The van der Waals surface area contributed by atoms with Crippen LogP contribution in [0.1, 0.15) is 25.3 Å². The van der Waals surface area contributed by atoms with E-state index >= 15 is 0 Å². The summed E-state index contributed by atoms with van der Waals surface area (Å²) in [7, 11) is 0. The lowest BCUT2D eigenvalue weighted by Gasteiger charge is -2.38. The molecule has 0 radical (unpaired) electrons. The van der Waals surface area contributed by atoms with Crippen LogP contribution in [0.15, 0.2) is 18.2 Å². The zero-order valence-corrected chi connectivity index (χ0v) is 11.4. The van der Waals surface area contributed by atoms with Crippen molar-refractivity contribution in [3.05, 3.63) is 34.6 Å². The minimum absolute atomic E-state index is 0.302. The van der Waals surface area contributed by atoms with Crippen LogP contribution in [0, 0.1) is 5.82 Å². The second-order valence-corrected chi connectivity index (χ2v) is 5.48. The summed E-state index contributed by atoms with van der Waals surface area (Å²) < 4.78 is 13.2. The van der Waals surface area contributed by atoms with Crippen molar-refractivity contribution in [3.63, 3.8) is 0 Å². The van der Waals surface area contributed by atoms with Crippen LogP contribution in [0.25, 0.3) is 0 Å². The van der Waals surface area contributed by atoms with Gasteiger partial charge in [0.15, 0.2) is 0 Å². The molecule has 1 aromatic carbocycles. The minimum atomic E-state index is -0.747. The van der Waals surface area contributed by atoms with Gasteiger partial charge in [-0.05, 0) is 43.1 Å². The number of aliphatic hydroxyl groups is 1. The number of halogens is 2. The Morgan fingerprint density at radius 2 is 2.06 bits per heavy atom. The fourth-order valence-electron chi connectivity index (χ4n) is 2.50. The van der Waals surface area contributed by atoms with Gasteiger partial charge < -0.3 is 10.0 Å². The van der Waals surface area contributed by atoms with Gasteiger partial charge in [-0.3, -0.25) is 0 Å². The molecule has 0 saturated carbocycles. The summed E-state index contributed by atoms with van der Waals surface area (Å²) >= 11 is 6.05. The van der Waals surface area contributed by atoms with Gasteiger partial charge in [0.1, 0.15) is 5.82 Å². The van der Waals surface area contributed by atoms with Crippen molar-refractivity contribution in [3.8, 4) is 0 Å². The molecule has 2 nitrogen and oxygen atoms in total. The van der Waals surface area contributed by atoms with Gasteiger partial charge in [0.25, 0.3) is 0 Å². The molecule has 0 atom stereocenters. The Labute approximate surface area is 112 Å². The third-order valence-electron chi connectivity index (χ3n) is 3.76. The highest BCUT2D eigenvalue weighted by molar-refractivity contribution is 6.31. The van der Waals surface area contributed by atoms with Gasteiger partial charge in [0.05, 0.1) is 5.60 Å². The van der Waals surface area contributed by atoms with E-state index in [0.29, 0.717) is 29.8 Å². The molecule has 0 unspecified atom stereocenters. The first-order valence-corrected chi connectivity index (χ1v) is 6.79. The van der Waals surface area contributed by atoms with Gasteiger partial charge in [0, 0.05) is 24.5 Å². The zero-order valence-electron chi connectivity index (χ0n) is 10.6. The van der Waals surface area contributed by atoms with Gasteiger partial charge >= 0.3 is 0 Å². The second kappa shape index (κ2) is 5.55. The van der Waals surface area contributed by atoms with Crippen LogP contribution < -0.4 is 0 Å². The maximum Gasteiger partial charge on any atom is 0.123 e. The van der Waals surface area contributed by atoms with E-state index in [4.69, 9.17) is 11.6 Å². The third kappa shape index (κ3) is 3.22. The summed E-state index contributed by atoms with van der Waals surface area (Å²) in [6.07, 6.45) is 1.86. The Morgan fingerprint density at radius 1 is 1.39 bits per heavy atom. The minimum Gasteiger partial charge on any atom is -0.389 e. The first-order chi connectivity index (χ1) is 8.52. The van der Waals surface area contributed by atoms with Crippen LogP contribution in [-0.2, 0) is 6.42 Å². The summed E-state index contributed by atoms with van der Waals surface area (Å²) in [4.78, 5) is 2.31. The Bertz CT molecular complexity index is 416. The topological polar surface area (TPSA) is 23.5 Å². The van der Waals surface area contributed by atoms with Crippen LogP contribution in [0.2, 0.25) is 5.02 Å². The number of hydrogen-bond acceptors (Lipinski definition) is 2. The van der Waals surface area contributed by atoms with E-state index in [2.05, 4.69) is 11.8 Å². The van der Waals surface area contributed by atoms with Crippen molar-refractivity contribution in [1.82, 2.24) is 4.90 Å². The number of hydrogen-bond donors (Lipinski definition) is 1. The molecule has 1 aromatic rings. The molecule has 1 saturated heterocycles. The maximum atomic E-state index is 13.2. The molecule has 0 aromatic heterocycles. The Hall–Kier alpha value is -0.640. The van der Waals surface area contributed by atoms with Crippen LogP contribution >= 0.6 is 11.6 Å². The molecule has 0 amide bonds. The van der Waals surface area contributed by atoms with Crippen molar-refractivity contribution in [2.75, 3.05) is 19.6 Å². The summed E-state index contributed by atoms with van der Waals surface area (Å²) in [6, 6.07) is 4.32. The first-order valence-electron chi connectivity index (χ1n) is 6.41. The van der Waals surface area contributed by atoms with Crippen molar-refractivity contribution in [2.45, 2.75) is 31.8 Å². The van der Waals surface area contributed by atoms with Crippen molar-refractivity contribution >= 4 is 11.6 Å². The van der Waals surface area contributed by atoms with E-state index in [-0.39, 0.29) is 5.82 Å². The fourth-order valence-corrected chi connectivity index (χ4v) is 2.68. The van der Waals surface area contributed by atoms with E-state index in [1.165, 1.54) is 12.1 Å². The summed E-state index contributed by atoms with van der Waals surface area (Å²) in [5.74, 6) is -0.302. The molecule has 0 aliphatic carbocycles. The molecular formula is C14H19ClFNO. The molecule has 4 heteroatoms. The van der Waals surface area contributed by atoms with Crippen LogP contribution in [0.5, 0.6) is 0 Å². The van der Waals surface area contributed by atoms with Gasteiger partial charge in [-0.25, -0.2) is 4.39 Å². The van der Waals surface area contributed by atoms with E-state index < -0.39 is 5.60 Å². The molecule has 0 bridgehead atoms. The average molecular weight is 272 g/mol. The number of rotatable bonds is 3.